The molecule has 1 N–H and O–H groups in total. The van der Waals surface area contributed by atoms with E-state index < -0.39 is 28.5 Å². The van der Waals surface area contributed by atoms with Gasteiger partial charge in [-0.25, -0.2) is 8.42 Å². The summed E-state index contributed by atoms with van der Waals surface area (Å²) in [7, 11) is -2.58. The summed E-state index contributed by atoms with van der Waals surface area (Å²) < 4.78 is 27.6. The largest absolute Gasteiger partial charge is 0.352 e. The van der Waals surface area contributed by atoms with Crippen LogP contribution in [0.15, 0.2) is 57.9 Å². The van der Waals surface area contributed by atoms with Crippen molar-refractivity contribution in [1.82, 2.24) is 14.5 Å². The summed E-state index contributed by atoms with van der Waals surface area (Å²) in [6, 6.07) is 12.2. The minimum atomic E-state index is -3.91. The number of likely N-dealkylation sites (N-methyl/N-ethyl adjacent to an activating group) is 1. The highest BCUT2D eigenvalue weighted by Gasteiger charge is 2.30. The molecule has 0 fully saturated rings. The minimum absolute atomic E-state index is 0.0290. The van der Waals surface area contributed by atoms with E-state index in [9.17, 15) is 18.0 Å². The van der Waals surface area contributed by atoms with Crippen LogP contribution in [0.25, 0.3) is 0 Å². The highest BCUT2D eigenvalue weighted by Crippen LogP contribution is 2.19. The van der Waals surface area contributed by atoms with Gasteiger partial charge in [0.15, 0.2) is 0 Å². The number of rotatable bonds is 9. The third-order valence-electron chi connectivity index (χ3n) is 4.72. The van der Waals surface area contributed by atoms with Crippen molar-refractivity contribution in [2.24, 2.45) is 0 Å². The molecule has 7 nitrogen and oxygen atoms in total. The Morgan fingerprint density at radius 1 is 1.09 bits per heavy atom. The fraction of sp³-hybridized carbons (Fsp3) is 0.364. The van der Waals surface area contributed by atoms with Crippen molar-refractivity contribution < 1.29 is 18.0 Å². The maximum Gasteiger partial charge on any atom is 0.243 e. The van der Waals surface area contributed by atoms with E-state index in [1.54, 1.807) is 6.92 Å². The summed E-state index contributed by atoms with van der Waals surface area (Å²) in [5, 5.41) is 3.21. The second-order valence-corrected chi connectivity index (χ2v) is 11.1. The molecule has 10 heteroatoms. The Kier molecular flexibility index (Phi) is 9.27. The zero-order valence-electron chi connectivity index (χ0n) is 18.4. The van der Waals surface area contributed by atoms with Crippen molar-refractivity contribution in [3.8, 4) is 0 Å². The Bertz CT molecular complexity index is 1060. The number of amides is 2. The van der Waals surface area contributed by atoms with Crippen LogP contribution in [0, 0.1) is 0 Å². The topological polar surface area (TPSA) is 86.8 Å². The van der Waals surface area contributed by atoms with Crippen molar-refractivity contribution in [3.05, 3.63) is 63.6 Å². The number of nitrogens with one attached hydrogen (secondary N) is 1. The van der Waals surface area contributed by atoms with Crippen LogP contribution in [0.1, 0.15) is 26.3 Å². The first-order valence-electron chi connectivity index (χ1n) is 9.98. The van der Waals surface area contributed by atoms with Crippen LogP contribution < -0.4 is 5.32 Å². The third-order valence-corrected chi connectivity index (χ3v) is 7.28. The molecule has 0 heterocycles. The summed E-state index contributed by atoms with van der Waals surface area (Å²) in [5.41, 5.74) is 0.806. The molecular weight excluding hydrogens is 518 g/mol. The van der Waals surface area contributed by atoms with Gasteiger partial charge in [-0.05, 0) is 62.7 Å². The molecule has 2 rings (SSSR count). The van der Waals surface area contributed by atoms with E-state index in [0.29, 0.717) is 5.02 Å². The molecule has 0 radical (unpaired) electrons. The average Bonchev–Trinajstić information content (AvgIpc) is 2.71. The van der Waals surface area contributed by atoms with E-state index in [-0.39, 0.29) is 23.4 Å². The van der Waals surface area contributed by atoms with Crippen LogP contribution >= 0.6 is 27.5 Å². The van der Waals surface area contributed by atoms with E-state index in [0.717, 1.165) is 14.3 Å². The molecule has 0 bridgehead atoms. The van der Waals surface area contributed by atoms with Crippen molar-refractivity contribution in [3.63, 3.8) is 0 Å². The first-order valence-corrected chi connectivity index (χ1v) is 12.6. The van der Waals surface area contributed by atoms with Crippen molar-refractivity contribution in [1.29, 1.82) is 0 Å². The van der Waals surface area contributed by atoms with Gasteiger partial charge in [0, 0.05) is 29.1 Å². The highest BCUT2D eigenvalue weighted by molar-refractivity contribution is 9.10. The van der Waals surface area contributed by atoms with E-state index in [4.69, 9.17) is 11.6 Å². The lowest BCUT2D eigenvalue weighted by Gasteiger charge is -2.30. The van der Waals surface area contributed by atoms with Gasteiger partial charge in [-0.1, -0.05) is 39.7 Å². The summed E-state index contributed by atoms with van der Waals surface area (Å²) in [6.45, 7) is 5.02. The van der Waals surface area contributed by atoms with Crippen molar-refractivity contribution in [2.75, 3.05) is 13.6 Å². The van der Waals surface area contributed by atoms with Crippen LogP contribution in [0.4, 0.5) is 0 Å². The van der Waals surface area contributed by atoms with Crippen molar-refractivity contribution in [2.45, 2.75) is 44.3 Å². The smallest absolute Gasteiger partial charge is 0.243 e. The molecule has 0 aromatic heterocycles. The second-order valence-electron chi connectivity index (χ2n) is 7.71. The van der Waals surface area contributed by atoms with Crippen LogP contribution in [0.5, 0.6) is 0 Å². The quantitative estimate of drug-likeness (QED) is 0.522. The van der Waals surface area contributed by atoms with E-state index in [1.807, 2.05) is 38.1 Å². The van der Waals surface area contributed by atoms with Gasteiger partial charge in [0.05, 0.1) is 11.4 Å². The molecule has 0 spiro atoms. The number of nitrogens with zero attached hydrogens (tertiary/aromatic N) is 2. The Labute approximate surface area is 202 Å². The van der Waals surface area contributed by atoms with E-state index >= 15 is 0 Å². The zero-order valence-corrected chi connectivity index (χ0v) is 21.5. The number of hydrogen-bond donors (Lipinski definition) is 1. The van der Waals surface area contributed by atoms with Gasteiger partial charge >= 0.3 is 0 Å². The minimum Gasteiger partial charge on any atom is -0.352 e. The first-order chi connectivity index (χ1) is 14.9. The Hall–Kier alpha value is -1.94. The van der Waals surface area contributed by atoms with E-state index in [2.05, 4.69) is 21.2 Å². The van der Waals surface area contributed by atoms with Crippen molar-refractivity contribution >= 4 is 49.4 Å². The molecule has 2 aromatic carbocycles. The predicted octanol–water partition coefficient (Wildman–Crippen LogP) is 3.66. The monoisotopic (exact) mass is 543 g/mol. The number of halogens is 2. The highest BCUT2D eigenvalue weighted by atomic mass is 79.9. The number of carbonyl (C=O) groups is 2. The van der Waals surface area contributed by atoms with Crippen LogP contribution in [0.2, 0.25) is 5.02 Å². The fourth-order valence-corrected chi connectivity index (χ4v) is 4.67. The average molecular weight is 545 g/mol. The molecule has 1 atom stereocenters. The molecule has 0 saturated heterocycles. The Morgan fingerprint density at radius 2 is 1.72 bits per heavy atom. The third kappa shape index (κ3) is 7.03. The van der Waals surface area contributed by atoms with Gasteiger partial charge in [-0.3, -0.25) is 9.59 Å². The Balaban J connectivity index is 2.27. The van der Waals surface area contributed by atoms with Gasteiger partial charge < -0.3 is 10.2 Å². The molecule has 2 amide bonds. The van der Waals surface area contributed by atoms with Gasteiger partial charge in [0.25, 0.3) is 0 Å². The maximum absolute atomic E-state index is 13.2. The number of sulfonamides is 1. The summed E-state index contributed by atoms with van der Waals surface area (Å²) in [6.07, 6.45) is 0. The summed E-state index contributed by atoms with van der Waals surface area (Å²) in [5.74, 6) is -0.803. The Morgan fingerprint density at radius 3 is 2.28 bits per heavy atom. The second kappa shape index (κ2) is 11.3. The van der Waals surface area contributed by atoms with Crippen LogP contribution in [-0.2, 0) is 26.2 Å². The van der Waals surface area contributed by atoms with Gasteiger partial charge in [0.1, 0.15) is 6.04 Å². The number of hydrogen-bond acceptors (Lipinski definition) is 4. The summed E-state index contributed by atoms with van der Waals surface area (Å²) >= 11 is 9.25. The molecule has 174 valence electrons. The van der Waals surface area contributed by atoms with Crippen LogP contribution in [0.3, 0.4) is 0 Å². The molecule has 2 aromatic rings. The molecule has 0 saturated carbocycles. The lowest BCUT2D eigenvalue weighted by molar-refractivity contribution is -0.140. The van der Waals surface area contributed by atoms with E-state index in [1.165, 1.54) is 36.2 Å². The lowest BCUT2D eigenvalue weighted by atomic mass is 10.1. The number of benzene rings is 2. The molecule has 0 aliphatic carbocycles. The maximum atomic E-state index is 13.2. The predicted molar refractivity (Wildman–Crippen MR) is 129 cm³/mol. The van der Waals surface area contributed by atoms with Gasteiger partial charge in [-0.15, -0.1) is 0 Å². The molecule has 32 heavy (non-hydrogen) atoms. The number of carbonyl (C=O) groups excluding carboxylic acids is 2. The summed E-state index contributed by atoms with van der Waals surface area (Å²) in [4.78, 5) is 27.3. The SMILES string of the molecule is CC(C)NC(=O)C(C)N(Cc1cccc(Br)c1)C(=O)CN(C)S(=O)(=O)c1ccc(Cl)cc1. The van der Waals surface area contributed by atoms with Gasteiger partial charge in [-0.2, -0.15) is 4.31 Å². The molecule has 0 aliphatic rings. The first kappa shape index (κ1) is 26.3. The zero-order chi connectivity index (χ0) is 24.1. The fourth-order valence-electron chi connectivity index (χ4n) is 2.97. The lowest BCUT2D eigenvalue weighted by Crippen LogP contribution is -2.51. The van der Waals surface area contributed by atoms with Crippen LogP contribution in [-0.4, -0.2) is 55.1 Å². The molecule has 0 aliphatic heterocycles. The standard InChI is InChI=1S/C22H27BrClN3O4S/c1-15(2)25-22(29)16(3)27(13-17-6-5-7-18(23)12-17)21(28)14-26(4)32(30,31)20-10-8-19(24)9-11-20/h5-12,15-16H,13-14H2,1-4H3,(H,25,29). The molecular formula is C22H27BrClN3O4S. The molecule has 1 unspecified atom stereocenters. The van der Waals surface area contributed by atoms with Gasteiger partial charge in [0.2, 0.25) is 21.8 Å². The normalized spacial score (nSPS) is 12.6.